The van der Waals surface area contributed by atoms with Crippen LogP contribution in [-0.4, -0.2) is 17.3 Å². The van der Waals surface area contributed by atoms with E-state index in [9.17, 15) is 0 Å². The van der Waals surface area contributed by atoms with Gasteiger partial charge >= 0.3 is 0 Å². The topological polar surface area (TPSA) is 46.2 Å². The fourth-order valence-corrected chi connectivity index (χ4v) is 2.13. The van der Waals surface area contributed by atoms with Crippen LogP contribution in [0.25, 0.3) is 0 Å². The first-order valence-electron chi connectivity index (χ1n) is 4.77. The Labute approximate surface area is 75.2 Å². The Morgan fingerprint density at radius 2 is 2.17 bits per heavy atom. The van der Waals surface area contributed by atoms with Gasteiger partial charge in [0.25, 0.3) is 0 Å². The molecule has 2 atom stereocenters. The summed E-state index contributed by atoms with van der Waals surface area (Å²) >= 11 is 0. The van der Waals surface area contributed by atoms with E-state index in [1.54, 1.807) is 0 Å². The Kier molecular flexibility index (Phi) is 2.50. The molecule has 1 saturated carbocycles. The SMILES string of the molecule is CC1(C)CCC(C(C)(N)CO)C1. The third-order valence-electron chi connectivity index (χ3n) is 3.24. The third-order valence-corrected chi connectivity index (χ3v) is 3.24. The van der Waals surface area contributed by atoms with E-state index in [4.69, 9.17) is 10.8 Å². The molecular weight excluding hydrogens is 150 g/mol. The summed E-state index contributed by atoms with van der Waals surface area (Å²) in [4.78, 5) is 0. The molecule has 0 aromatic heterocycles. The van der Waals surface area contributed by atoms with Crippen molar-refractivity contribution in [3.8, 4) is 0 Å². The van der Waals surface area contributed by atoms with Gasteiger partial charge in [0.15, 0.2) is 0 Å². The predicted octanol–water partition coefficient (Wildman–Crippen LogP) is 1.52. The van der Waals surface area contributed by atoms with Gasteiger partial charge in [-0.1, -0.05) is 13.8 Å². The highest BCUT2D eigenvalue weighted by Gasteiger charge is 2.39. The highest BCUT2D eigenvalue weighted by Crippen LogP contribution is 2.44. The lowest BCUT2D eigenvalue weighted by atomic mass is 9.82. The second-order valence-corrected chi connectivity index (χ2v) is 5.27. The molecule has 0 spiro atoms. The molecule has 2 nitrogen and oxygen atoms in total. The van der Waals surface area contributed by atoms with Crippen molar-refractivity contribution in [1.82, 2.24) is 0 Å². The van der Waals surface area contributed by atoms with E-state index in [0.717, 1.165) is 6.42 Å². The lowest BCUT2D eigenvalue weighted by molar-refractivity contribution is 0.149. The third kappa shape index (κ3) is 1.99. The van der Waals surface area contributed by atoms with Crippen LogP contribution in [0.1, 0.15) is 40.0 Å². The Morgan fingerprint density at radius 1 is 1.58 bits per heavy atom. The average Bonchev–Trinajstić information content (AvgIpc) is 2.31. The molecule has 3 N–H and O–H groups in total. The molecule has 1 aliphatic rings. The van der Waals surface area contributed by atoms with Gasteiger partial charge in [0, 0.05) is 5.54 Å². The second kappa shape index (κ2) is 3.00. The fraction of sp³-hybridized carbons (Fsp3) is 1.00. The van der Waals surface area contributed by atoms with Crippen LogP contribution >= 0.6 is 0 Å². The van der Waals surface area contributed by atoms with Gasteiger partial charge in [0.05, 0.1) is 6.61 Å². The van der Waals surface area contributed by atoms with Crippen LogP contribution in [0.2, 0.25) is 0 Å². The van der Waals surface area contributed by atoms with Crippen LogP contribution < -0.4 is 5.73 Å². The van der Waals surface area contributed by atoms with Gasteiger partial charge in [-0.05, 0) is 37.5 Å². The van der Waals surface area contributed by atoms with Gasteiger partial charge in [-0.15, -0.1) is 0 Å². The number of hydrogen-bond acceptors (Lipinski definition) is 2. The molecule has 0 amide bonds. The van der Waals surface area contributed by atoms with Gasteiger partial charge in [0.2, 0.25) is 0 Å². The van der Waals surface area contributed by atoms with E-state index in [0.29, 0.717) is 11.3 Å². The summed E-state index contributed by atoms with van der Waals surface area (Å²) in [5.41, 5.74) is 6.06. The zero-order valence-electron chi connectivity index (χ0n) is 8.43. The predicted molar refractivity (Wildman–Crippen MR) is 50.8 cm³/mol. The van der Waals surface area contributed by atoms with Crippen LogP contribution in [0.3, 0.4) is 0 Å². The lowest BCUT2D eigenvalue weighted by Gasteiger charge is -2.30. The molecule has 72 valence electrons. The van der Waals surface area contributed by atoms with Crippen molar-refractivity contribution in [2.45, 2.75) is 45.6 Å². The van der Waals surface area contributed by atoms with Gasteiger partial charge in [-0.25, -0.2) is 0 Å². The normalized spacial score (nSPS) is 33.2. The zero-order chi connectivity index (χ0) is 9.41. The van der Waals surface area contributed by atoms with E-state index in [1.165, 1.54) is 12.8 Å². The highest BCUT2D eigenvalue weighted by molar-refractivity contribution is 4.94. The van der Waals surface area contributed by atoms with E-state index < -0.39 is 0 Å². The summed E-state index contributed by atoms with van der Waals surface area (Å²) in [7, 11) is 0. The van der Waals surface area contributed by atoms with Gasteiger partial charge in [-0.3, -0.25) is 0 Å². The minimum atomic E-state index is -0.367. The van der Waals surface area contributed by atoms with Crippen LogP contribution in [0.15, 0.2) is 0 Å². The molecule has 1 aliphatic carbocycles. The molecule has 0 aromatic carbocycles. The Balaban J connectivity index is 2.58. The molecule has 0 heterocycles. The maximum atomic E-state index is 9.10. The monoisotopic (exact) mass is 171 g/mol. The Hall–Kier alpha value is -0.0800. The molecular formula is C10H21NO. The smallest absolute Gasteiger partial charge is 0.0611 e. The number of aliphatic hydroxyl groups is 1. The molecule has 0 aromatic rings. The Bertz CT molecular complexity index is 163. The quantitative estimate of drug-likeness (QED) is 0.661. The number of hydrogen-bond donors (Lipinski definition) is 2. The summed E-state index contributed by atoms with van der Waals surface area (Å²) in [6.45, 7) is 6.62. The summed E-state index contributed by atoms with van der Waals surface area (Å²) in [5.74, 6) is 0.498. The number of rotatable bonds is 2. The van der Waals surface area contributed by atoms with Gasteiger partial charge in [0.1, 0.15) is 0 Å². The fourth-order valence-electron chi connectivity index (χ4n) is 2.13. The van der Waals surface area contributed by atoms with Crippen LogP contribution in [-0.2, 0) is 0 Å². The average molecular weight is 171 g/mol. The minimum Gasteiger partial charge on any atom is -0.394 e. The van der Waals surface area contributed by atoms with E-state index in [-0.39, 0.29) is 12.1 Å². The maximum absolute atomic E-state index is 9.10. The van der Waals surface area contributed by atoms with E-state index in [2.05, 4.69) is 13.8 Å². The summed E-state index contributed by atoms with van der Waals surface area (Å²) in [6.07, 6.45) is 3.56. The molecule has 12 heavy (non-hydrogen) atoms. The molecule has 1 rings (SSSR count). The standard InChI is InChI=1S/C10H21NO/c1-9(2)5-4-8(6-9)10(3,11)7-12/h8,12H,4-7,11H2,1-3H3. The molecule has 1 fully saturated rings. The zero-order valence-corrected chi connectivity index (χ0v) is 8.43. The van der Waals surface area contributed by atoms with Crippen molar-refractivity contribution in [1.29, 1.82) is 0 Å². The van der Waals surface area contributed by atoms with Gasteiger partial charge < -0.3 is 10.8 Å². The van der Waals surface area contributed by atoms with Crippen molar-refractivity contribution >= 4 is 0 Å². The maximum Gasteiger partial charge on any atom is 0.0611 e. The minimum absolute atomic E-state index is 0.105. The van der Waals surface area contributed by atoms with Crippen molar-refractivity contribution in [2.24, 2.45) is 17.1 Å². The molecule has 0 aliphatic heterocycles. The van der Waals surface area contributed by atoms with Crippen molar-refractivity contribution in [2.75, 3.05) is 6.61 Å². The van der Waals surface area contributed by atoms with Crippen molar-refractivity contribution < 1.29 is 5.11 Å². The van der Waals surface area contributed by atoms with Crippen LogP contribution in [0, 0.1) is 11.3 Å². The summed E-state index contributed by atoms with van der Waals surface area (Å²) in [5, 5.41) is 9.10. The van der Waals surface area contributed by atoms with Crippen LogP contribution in [0.5, 0.6) is 0 Å². The summed E-state index contributed by atoms with van der Waals surface area (Å²) in [6, 6.07) is 0. The summed E-state index contributed by atoms with van der Waals surface area (Å²) < 4.78 is 0. The van der Waals surface area contributed by atoms with E-state index in [1.807, 2.05) is 6.92 Å². The largest absolute Gasteiger partial charge is 0.394 e. The molecule has 0 saturated heterocycles. The number of nitrogens with two attached hydrogens (primary N) is 1. The van der Waals surface area contributed by atoms with Gasteiger partial charge in [-0.2, -0.15) is 0 Å². The highest BCUT2D eigenvalue weighted by atomic mass is 16.3. The first-order valence-corrected chi connectivity index (χ1v) is 4.77. The van der Waals surface area contributed by atoms with Crippen molar-refractivity contribution in [3.63, 3.8) is 0 Å². The molecule has 2 unspecified atom stereocenters. The van der Waals surface area contributed by atoms with Crippen LogP contribution in [0.4, 0.5) is 0 Å². The van der Waals surface area contributed by atoms with Crippen molar-refractivity contribution in [3.05, 3.63) is 0 Å². The molecule has 0 radical (unpaired) electrons. The molecule has 2 heteroatoms. The first-order chi connectivity index (χ1) is 5.37. The lowest BCUT2D eigenvalue weighted by Crippen LogP contribution is -2.46. The van der Waals surface area contributed by atoms with E-state index >= 15 is 0 Å². The molecule has 0 bridgehead atoms. The Morgan fingerprint density at radius 3 is 2.50 bits per heavy atom. The number of aliphatic hydroxyl groups excluding tert-OH is 1. The first kappa shape index (κ1) is 10.0. The second-order valence-electron chi connectivity index (χ2n) is 5.27.